The minimum Gasteiger partial charge on any atom is -0.377 e. The molecule has 1 fully saturated rings. The topological polar surface area (TPSA) is 21.3 Å². The van der Waals surface area contributed by atoms with E-state index in [1.807, 2.05) is 0 Å². The zero-order valence-corrected chi connectivity index (χ0v) is 9.96. The Kier molecular flexibility index (Phi) is 4.24. The second-order valence-electron chi connectivity index (χ2n) is 4.46. The van der Waals surface area contributed by atoms with E-state index in [4.69, 9.17) is 4.74 Å². The molecule has 1 aliphatic rings. The van der Waals surface area contributed by atoms with Gasteiger partial charge < -0.3 is 10.1 Å². The smallest absolute Gasteiger partial charge is 0.377 e. The van der Waals surface area contributed by atoms with Gasteiger partial charge in [0.25, 0.3) is 0 Å². The van der Waals surface area contributed by atoms with E-state index in [2.05, 4.69) is 5.32 Å². The van der Waals surface area contributed by atoms with Gasteiger partial charge in [-0.2, -0.15) is 13.2 Å². The molecule has 100 valence electrons. The van der Waals surface area contributed by atoms with Crippen molar-refractivity contribution in [2.75, 3.05) is 13.2 Å². The molecule has 0 radical (unpaired) electrons. The zero-order valence-electron chi connectivity index (χ0n) is 9.96. The highest BCUT2D eigenvalue weighted by atomic mass is 19.4. The normalized spacial score (nSPS) is 20.3. The van der Waals surface area contributed by atoms with Crippen LogP contribution in [0.2, 0.25) is 0 Å². The van der Waals surface area contributed by atoms with E-state index in [1.54, 1.807) is 0 Å². The van der Waals surface area contributed by atoms with Crippen molar-refractivity contribution in [1.29, 1.82) is 0 Å². The van der Waals surface area contributed by atoms with Crippen molar-refractivity contribution in [2.45, 2.75) is 31.7 Å². The Hall–Kier alpha value is -1.07. The van der Waals surface area contributed by atoms with Gasteiger partial charge in [0.2, 0.25) is 0 Å². The Morgan fingerprint density at radius 1 is 1.22 bits per heavy atom. The molecule has 1 heterocycles. The lowest BCUT2D eigenvalue weighted by Crippen LogP contribution is -2.25. The summed E-state index contributed by atoms with van der Waals surface area (Å²) < 4.78 is 42.5. The molecule has 1 aromatic carbocycles. The zero-order chi connectivity index (χ0) is 13.0. The number of hydrogen-bond donors (Lipinski definition) is 1. The van der Waals surface area contributed by atoms with Crippen LogP contribution in [-0.2, 0) is 17.5 Å². The van der Waals surface area contributed by atoms with Crippen molar-refractivity contribution in [3.8, 4) is 0 Å². The van der Waals surface area contributed by atoms with Crippen LogP contribution in [0.5, 0.6) is 0 Å². The fourth-order valence-corrected chi connectivity index (χ4v) is 1.99. The number of benzene rings is 1. The first-order chi connectivity index (χ1) is 8.55. The number of hydrogen-bond acceptors (Lipinski definition) is 2. The van der Waals surface area contributed by atoms with E-state index >= 15 is 0 Å². The van der Waals surface area contributed by atoms with Crippen LogP contribution in [0, 0.1) is 0 Å². The van der Waals surface area contributed by atoms with Gasteiger partial charge in [-0.3, -0.25) is 0 Å². The second-order valence-corrected chi connectivity index (χ2v) is 4.46. The van der Waals surface area contributed by atoms with Crippen molar-refractivity contribution >= 4 is 0 Å². The van der Waals surface area contributed by atoms with Gasteiger partial charge in [-0.05, 0) is 30.5 Å². The number of rotatable bonds is 4. The molecule has 18 heavy (non-hydrogen) atoms. The Morgan fingerprint density at radius 2 is 1.94 bits per heavy atom. The van der Waals surface area contributed by atoms with Crippen LogP contribution in [0.1, 0.15) is 24.0 Å². The molecule has 0 aromatic heterocycles. The van der Waals surface area contributed by atoms with Crippen LogP contribution in [0.3, 0.4) is 0 Å². The maximum Gasteiger partial charge on any atom is 0.416 e. The number of nitrogens with one attached hydrogen (secondary N) is 1. The Morgan fingerprint density at radius 3 is 2.50 bits per heavy atom. The van der Waals surface area contributed by atoms with Gasteiger partial charge in [0.15, 0.2) is 0 Å². The number of ether oxygens (including phenoxy) is 1. The third-order valence-electron chi connectivity index (χ3n) is 3.01. The molecular formula is C13H16F3NO. The average molecular weight is 259 g/mol. The van der Waals surface area contributed by atoms with Gasteiger partial charge >= 0.3 is 6.18 Å². The lowest BCUT2D eigenvalue weighted by Gasteiger charge is -2.11. The van der Waals surface area contributed by atoms with E-state index in [-0.39, 0.29) is 6.10 Å². The molecule has 1 unspecified atom stereocenters. The molecule has 2 rings (SSSR count). The SMILES string of the molecule is FC(F)(F)c1ccc(CNCC2CCCO2)cc1. The Balaban J connectivity index is 1.79. The summed E-state index contributed by atoms with van der Waals surface area (Å²) in [5.74, 6) is 0. The van der Waals surface area contributed by atoms with Gasteiger partial charge in [0, 0.05) is 19.7 Å². The van der Waals surface area contributed by atoms with Crippen LogP contribution in [0.15, 0.2) is 24.3 Å². The van der Waals surface area contributed by atoms with Crippen molar-refractivity contribution in [2.24, 2.45) is 0 Å². The predicted octanol–water partition coefficient (Wildman–Crippen LogP) is 2.97. The lowest BCUT2D eigenvalue weighted by molar-refractivity contribution is -0.137. The van der Waals surface area contributed by atoms with E-state index in [0.29, 0.717) is 6.54 Å². The van der Waals surface area contributed by atoms with E-state index in [1.165, 1.54) is 12.1 Å². The first-order valence-corrected chi connectivity index (χ1v) is 6.04. The number of halogens is 3. The van der Waals surface area contributed by atoms with Gasteiger partial charge in [0.1, 0.15) is 0 Å². The Labute approximate surface area is 104 Å². The van der Waals surface area contributed by atoms with Gasteiger partial charge in [-0.25, -0.2) is 0 Å². The summed E-state index contributed by atoms with van der Waals surface area (Å²) in [5.41, 5.74) is 0.242. The van der Waals surface area contributed by atoms with Crippen LogP contribution < -0.4 is 5.32 Å². The van der Waals surface area contributed by atoms with Gasteiger partial charge in [-0.1, -0.05) is 12.1 Å². The van der Waals surface area contributed by atoms with E-state index < -0.39 is 11.7 Å². The monoisotopic (exact) mass is 259 g/mol. The molecule has 1 aliphatic heterocycles. The highest BCUT2D eigenvalue weighted by Crippen LogP contribution is 2.29. The highest BCUT2D eigenvalue weighted by Gasteiger charge is 2.29. The number of alkyl halides is 3. The van der Waals surface area contributed by atoms with E-state index in [9.17, 15) is 13.2 Å². The quantitative estimate of drug-likeness (QED) is 0.897. The molecule has 0 spiro atoms. The third-order valence-corrected chi connectivity index (χ3v) is 3.01. The first kappa shape index (κ1) is 13.4. The molecule has 2 nitrogen and oxygen atoms in total. The molecule has 5 heteroatoms. The molecule has 1 aromatic rings. The third kappa shape index (κ3) is 3.71. The van der Waals surface area contributed by atoms with Crippen molar-refractivity contribution in [3.05, 3.63) is 35.4 Å². The molecule has 1 saturated heterocycles. The van der Waals surface area contributed by atoms with Crippen LogP contribution in [-0.4, -0.2) is 19.3 Å². The average Bonchev–Trinajstić information content (AvgIpc) is 2.82. The summed E-state index contributed by atoms with van der Waals surface area (Å²) >= 11 is 0. The standard InChI is InChI=1S/C13H16F3NO/c14-13(15,16)11-5-3-10(4-6-11)8-17-9-12-2-1-7-18-12/h3-6,12,17H,1-2,7-9H2. The van der Waals surface area contributed by atoms with Crippen LogP contribution in [0.25, 0.3) is 0 Å². The molecule has 1 atom stereocenters. The fraction of sp³-hybridized carbons (Fsp3) is 0.538. The van der Waals surface area contributed by atoms with Gasteiger partial charge in [0.05, 0.1) is 11.7 Å². The summed E-state index contributed by atoms with van der Waals surface area (Å²) in [4.78, 5) is 0. The van der Waals surface area contributed by atoms with E-state index in [0.717, 1.165) is 43.7 Å². The van der Waals surface area contributed by atoms with Crippen LogP contribution in [0.4, 0.5) is 13.2 Å². The molecule has 0 amide bonds. The molecule has 0 saturated carbocycles. The maximum absolute atomic E-state index is 12.3. The summed E-state index contributed by atoms with van der Waals surface area (Å²) in [6.07, 6.45) is -1.87. The maximum atomic E-state index is 12.3. The largest absolute Gasteiger partial charge is 0.416 e. The first-order valence-electron chi connectivity index (χ1n) is 6.04. The van der Waals surface area contributed by atoms with Crippen molar-refractivity contribution < 1.29 is 17.9 Å². The molecule has 1 N–H and O–H groups in total. The fourth-order valence-electron chi connectivity index (χ4n) is 1.99. The summed E-state index contributed by atoms with van der Waals surface area (Å²) in [7, 11) is 0. The lowest BCUT2D eigenvalue weighted by atomic mass is 10.1. The summed E-state index contributed by atoms with van der Waals surface area (Å²) in [6, 6.07) is 5.24. The summed E-state index contributed by atoms with van der Waals surface area (Å²) in [5, 5.41) is 3.20. The van der Waals surface area contributed by atoms with Crippen molar-refractivity contribution in [3.63, 3.8) is 0 Å². The molecule has 0 bridgehead atoms. The minimum atomic E-state index is -4.26. The molecule has 0 aliphatic carbocycles. The Bertz CT molecular complexity index is 369. The van der Waals surface area contributed by atoms with Gasteiger partial charge in [-0.15, -0.1) is 0 Å². The summed E-state index contributed by atoms with van der Waals surface area (Å²) in [6.45, 7) is 2.13. The van der Waals surface area contributed by atoms with Crippen LogP contribution >= 0.6 is 0 Å². The van der Waals surface area contributed by atoms with Crippen molar-refractivity contribution in [1.82, 2.24) is 5.32 Å². The highest BCUT2D eigenvalue weighted by molar-refractivity contribution is 5.24. The molecular weight excluding hydrogens is 243 g/mol. The second kappa shape index (κ2) is 5.71. The predicted molar refractivity (Wildman–Crippen MR) is 62.1 cm³/mol. The minimum absolute atomic E-state index is 0.249.